The quantitative estimate of drug-likeness (QED) is 0.206. The molecule has 3 N–H and O–H groups in total. The van der Waals surface area contributed by atoms with Gasteiger partial charge in [-0.05, 0) is 51.7 Å². The molecule has 6 nitrogen and oxygen atoms in total. The third-order valence-electron chi connectivity index (χ3n) is 4.73. The van der Waals surface area contributed by atoms with E-state index in [0.29, 0.717) is 6.54 Å². The Labute approximate surface area is 185 Å². The van der Waals surface area contributed by atoms with Crippen LogP contribution in [0.1, 0.15) is 31.6 Å². The molecule has 156 valence electrons. The van der Waals surface area contributed by atoms with Crippen LogP contribution in [-0.4, -0.2) is 80.3 Å². The molecule has 27 heavy (non-hydrogen) atoms. The van der Waals surface area contributed by atoms with E-state index in [-0.39, 0.29) is 24.0 Å². The van der Waals surface area contributed by atoms with E-state index >= 15 is 0 Å². The molecule has 1 unspecified atom stereocenters. The monoisotopic (exact) mass is 509 g/mol. The largest absolute Gasteiger partial charge is 0.383 e. The number of hydrogen-bond donors (Lipinski definition) is 3. The molecule has 1 atom stereocenters. The Bertz CT molecular complexity index is 530. The first kappa shape index (κ1) is 24.6. The molecule has 1 fully saturated rings. The van der Waals surface area contributed by atoms with Gasteiger partial charge in [-0.25, -0.2) is 4.99 Å². The number of nitrogens with one attached hydrogen (secondary N) is 2. The van der Waals surface area contributed by atoms with Crippen molar-refractivity contribution in [3.8, 4) is 0 Å². The van der Waals surface area contributed by atoms with Crippen LogP contribution in [0.2, 0.25) is 0 Å². The summed E-state index contributed by atoms with van der Waals surface area (Å²) in [6.07, 6.45) is 2.32. The summed E-state index contributed by atoms with van der Waals surface area (Å²) in [6, 6.07) is 3.92. The van der Waals surface area contributed by atoms with Gasteiger partial charge in [0.2, 0.25) is 0 Å². The Morgan fingerprint density at radius 2 is 2.00 bits per heavy atom. The minimum absolute atomic E-state index is 0. The zero-order valence-corrected chi connectivity index (χ0v) is 20.1. The van der Waals surface area contributed by atoms with Gasteiger partial charge in [0.1, 0.15) is 5.60 Å². The summed E-state index contributed by atoms with van der Waals surface area (Å²) >= 11 is 1.57. The van der Waals surface area contributed by atoms with Gasteiger partial charge in [0.05, 0.1) is 6.54 Å². The number of hydrogen-bond acceptors (Lipinski definition) is 5. The SMILES string of the molecule is CCNC(=NCC(C)(O)c1cccs1)NCCCCN1CCN(C)CC1.I. The van der Waals surface area contributed by atoms with Crippen LogP contribution in [0.5, 0.6) is 0 Å². The molecule has 0 aliphatic carbocycles. The van der Waals surface area contributed by atoms with E-state index in [1.807, 2.05) is 24.4 Å². The molecule has 1 saturated heterocycles. The van der Waals surface area contributed by atoms with Crippen LogP contribution in [0, 0.1) is 0 Å². The number of piperazine rings is 1. The van der Waals surface area contributed by atoms with Crippen molar-refractivity contribution in [2.24, 2.45) is 4.99 Å². The van der Waals surface area contributed by atoms with Gasteiger partial charge in [-0.15, -0.1) is 35.3 Å². The lowest BCUT2D eigenvalue weighted by Crippen LogP contribution is -2.44. The first-order chi connectivity index (χ1) is 12.5. The molecule has 1 aliphatic heterocycles. The topological polar surface area (TPSA) is 63.1 Å². The summed E-state index contributed by atoms with van der Waals surface area (Å²) in [5.41, 5.74) is -0.919. The van der Waals surface area contributed by atoms with Crippen LogP contribution in [0.3, 0.4) is 0 Å². The molecule has 2 rings (SSSR count). The lowest BCUT2D eigenvalue weighted by molar-refractivity contribution is 0.0711. The van der Waals surface area contributed by atoms with Crippen LogP contribution in [0.15, 0.2) is 22.5 Å². The summed E-state index contributed by atoms with van der Waals surface area (Å²) in [7, 11) is 2.19. The summed E-state index contributed by atoms with van der Waals surface area (Å²) in [5, 5.41) is 19.2. The first-order valence-corrected chi connectivity index (χ1v) is 10.6. The van der Waals surface area contributed by atoms with Crippen molar-refractivity contribution >= 4 is 41.3 Å². The summed E-state index contributed by atoms with van der Waals surface area (Å²) in [4.78, 5) is 10.5. The summed E-state index contributed by atoms with van der Waals surface area (Å²) in [6.45, 7) is 11.9. The zero-order chi connectivity index (χ0) is 18.8. The molecule has 0 bridgehead atoms. The second-order valence-electron chi connectivity index (χ2n) is 7.23. The van der Waals surface area contributed by atoms with Crippen molar-refractivity contribution < 1.29 is 5.11 Å². The van der Waals surface area contributed by atoms with E-state index in [9.17, 15) is 5.11 Å². The molecule has 1 aromatic heterocycles. The second kappa shape index (κ2) is 12.9. The van der Waals surface area contributed by atoms with Gasteiger partial charge in [0.15, 0.2) is 5.96 Å². The number of halogens is 1. The smallest absolute Gasteiger partial charge is 0.191 e. The molecular formula is C19H36IN5OS. The molecular weight excluding hydrogens is 473 g/mol. The third kappa shape index (κ3) is 9.08. The summed E-state index contributed by atoms with van der Waals surface area (Å²) in [5.74, 6) is 0.781. The highest BCUT2D eigenvalue weighted by Gasteiger charge is 2.24. The van der Waals surface area contributed by atoms with Crippen molar-refractivity contribution in [2.75, 3.05) is 59.4 Å². The minimum atomic E-state index is -0.919. The highest BCUT2D eigenvalue weighted by atomic mass is 127. The maximum absolute atomic E-state index is 10.6. The van der Waals surface area contributed by atoms with Gasteiger partial charge in [-0.1, -0.05) is 6.07 Å². The lowest BCUT2D eigenvalue weighted by atomic mass is 10.1. The van der Waals surface area contributed by atoms with E-state index in [0.717, 1.165) is 30.3 Å². The second-order valence-corrected chi connectivity index (χ2v) is 8.17. The molecule has 0 amide bonds. The number of aliphatic imine (C=N–C) groups is 1. The van der Waals surface area contributed by atoms with E-state index < -0.39 is 5.60 Å². The maximum atomic E-state index is 10.6. The van der Waals surface area contributed by atoms with Crippen LogP contribution in [-0.2, 0) is 5.60 Å². The van der Waals surface area contributed by atoms with Crippen LogP contribution >= 0.6 is 35.3 Å². The van der Waals surface area contributed by atoms with Gasteiger partial charge >= 0.3 is 0 Å². The third-order valence-corrected chi connectivity index (χ3v) is 5.85. The van der Waals surface area contributed by atoms with E-state index in [1.165, 1.54) is 39.1 Å². The fraction of sp³-hybridized carbons (Fsp3) is 0.737. The van der Waals surface area contributed by atoms with Gasteiger partial charge < -0.3 is 25.5 Å². The first-order valence-electron chi connectivity index (χ1n) is 9.70. The molecule has 2 heterocycles. The maximum Gasteiger partial charge on any atom is 0.191 e. The average molecular weight is 510 g/mol. The number of nitrogens with zero attached hydrogens (tertiary/aromatic N) is 3. The number of unbranched alkanes of at least 4 members (excludes halogenated alkanes) is 1. The average Bonchev–Trinajstić information content (AvgIpc) is 3.16. The lowest BCUT2D eigenvalue weighted by Gasteiger charge is -2.32. The number of aliphatic hydroxyl groups is 1. The van der Waals surface area contributed by atoms with Crippen molar-refractivity contribution in [2.45, 2.75) is 32.3 Å². The molecule has 0 saturated carbocycles. The predicted molar refractivity (Wildman–Crippen MR) is 126 cm³/mol. The Morgan fingerprint density at radius 3 is 2.63 bits per heavy atom. The summed E-state index contributed by atoms with van der Waals surface area (Å²) < 4.78 is 0. The van der Waals surface area contributed by atoms with Gasteiger partial charge in [0, 0.05) is 44.1 Å². The van der Waals surface area contributed by atoms with E-state index in [1.54, 1.807) is 11.3 Å². The molecule has 0 spiro atoms. The van der Waals surface area contributed by atoms with Gasteiger partial charge in [0.25, 0.3) is 0 Å². The van der Waals surface area contributed by atoms with Gasteiger partial charge in [-0.3, -0.25) is 0 Å². The fourth-order valence-electron chi connectivity index (χ4n) is 2.98. The van der Waals surface area contributed by atoms with Crippen molar-refractivity contribution in [1.82, 2.24) is 20.4 Å². The predicted octanol–water partition coefficient (Wildman–Crippen LogP) is 2.16. The standard InChI is InChI=1S/C19H35N5OS.HI/c1-4-20-18(22-16-19(2,25)17-8-7-15-26-17)21-9-5-6-10-24-13-11-23(3)12-14-24;/h7-8,15,25H,4-6,9-14,16H2,1-3H3,(H2,20,21,22);1H. The number of thiophene rings is 1. The Morgan fingerprint density at radius 1 is 1.26 bits per heavy atom. The molecule has 0 aromatic carbocycles. The normalized spacial score (nSPS) is 18.6. The van der Waals surface area contributed by atoms with Crippen LogP contribution < -0.4 is 10.6 Å². The highest BCUT2D eigenvalue weighted by molar-refractivity contribution is 14.0. The van der Waals surface area contributed by atoms with Crippen molar-refractivity contribution in [3.05, 3.63) is 22.4 Å². The van der Waals surface area contributed by atoms with E-state index in [2.05, 4.69) is 39.4 Å². The van der Waals surface area contributed by atoms with Crippen molar-refractivity contribution in [3.63, 3.8) is 0 Å². The van der Waals surface area contributed by atoms with Gasteiger partial charge in [-0.2, -0.15) is 0 Å². The fourth-order valence-corrected chi connectivity index (χ4v) is 3.76. The molecule has 0 radical (unpaired) electrons. The molecule has 8 heteroatoms. The Kier molecular flexibility index (Phi) is 11.8. The van der Waals surface area contributed by atoms with Crippen molar-refractivity contribution in [1.29, 1.82) is 0 Å². The Balaban J connectivity index is 0.00000364. The zero-order valence-electron chi connectivity index (χ0n) is 16.9. The molecule has 1 aromatic rings. The van der Waals surface area contributed by atoms with Crippen LogP contribution in [0.25, 0.3) is 0 Å². The number of guanidine groups is 1. The van der Waals surface area contributed by atoms with Crippen LogP contribution in [0.4, 0.5) is 0 Å². The molecule has 1 aliphatic rings. The van der Waals surface area contributed by atoms with E-state index in [4.69, 9.17) is 0 Å². The number of rotatable bonds is 9. The minimum Gasteiger partial charge on any atom is -0.383 e. The number of likely N-dealkylation sites (N-methyl/N-ethyl adjacent to an activating group) is 1. The highest BCUT2D eigenvalue weighted by Crippen LogP contribution is 2.25. The Hall–Kier alpha value is -0.420.